The summed E-state index contributed by atoms with van der Waals surface area (Å²) in [4.78, 5) is 19.0. The maximum Gasteiger partial charge on any atom is 0.252 e. The minimum Gasteiger partial charge on any atom is -0.365 e. The van der Waals surface area contributed by atoms with Crippen LogP contribution in [0, 0.1) is 0 Å². The van der Waals surface area contributed by atoms with Crippen LogP contribution in [0.3, 0.4) is 0 Å². The fourth-order valence-corrected chi connectivity index (χ4v) is 1.29. The van der Waals surface area contributed by atoms with Crippen molar-refractivity contribution in [2.45, 2.75) is 0 Å². The molecule has 2 aromatic heterocycles. The van der Waals surface area contributed by atoms with Crippen LogP contribution in [0.5, 0.6) is 0 Å². The number of nitrogens with one attached hydrogen (secondary N) is 1. The molecule has 2 heterocycles. The molecule has 80 valence electrons. The maximum atomic E-state index is 11.1. The number of primary amides is 1. The van der Waals surface area contributed by atoms with Crippen LogP contribution in [0.1, 0.15) is 10.4 Å². The summed E-state index contributed by atoms with van der Waals surface area (Å²) in [5.74, 6) is -0.514. The Labute approximate surface area is 92.3 Å². The lowest BCUT2D eigenvalue weighted by Crippen LogP contribution is -2.13. The summed E-state index contributed by atoms with van der Waals surface area (Å²) in [6.07, 6.45) is 6.35. The third-order valence-electron chi connectivity index (χ3n) is 2.03. The first-order valence-electron chi connectivity index (χ1n) is 4.68. The van der Waals surface area contributed by atoms with Gasteiger partial charge in [-0.15, -0.1) is 0 Å². The second kappa shape index (κ2) is 4.39. The third kappa shape index (κ3) is 2.14. The predicted molar refractivity (Wildman–Crippen MR) is 60.3 cm³/mol. The van der Waals surface area contributed by atoms with E-state index >= 15 is 0 Å². The quantitative estimate of drug-likeness (QED) is 0.807. The fourth-order valence-electron chi connectivity index (χ4n) is 1.29. The zero-order valence-corrected chi connectivity index (χ0v) is 8.42. The number of nitrogens with two attached hydrogens (primary N) is 1. The number of nitrogens with zero attached hydrogens (tertiary/aromatic N) is 2. The number of carbonyl (C=O) groups excluding carboxylic acids is 1. The second-order valence-corrected chi connectivity index (χ2v) is 3.15. The Morgan fingerprint density at radius 3 is 2.69 bits per heavy atom. The summed E-state index contributed by atoms with van der Waals surface area (Å²) in [6.45, 7) is 0. The van der Waals surface area contributed by atoms with E-state index in [2.05, 4.69) is 15.3 Å². The predicted octanol–water partition coefficient (Wildman–Crippen LogP) is 1.32. The lowest BCUT2D eigenvalue weighted by atomic mass is 10.2. The van der Waals surface area contributed by atoms with E-state index in [0.717, 1.165) is 5.69 Å². The van der Waals surface area contributed by atoms with Gasteiger partial charge in [0, 0.05) is 18.6 Å². The molecule has 5 heteroatoms. The molecule has 5 nitrogen and oxygen atoms in total. The summed E-state index contributed by atoms with van der Waals surface area (Å²) < 4.78 is 0. The summed E-state index contributed by atoms with van der Waals surface area (Å²) in [5, 5.41) is 3.05. The Bertz CT molecular complexity index is 498. The first-order chi connectivity index (χ1) is 7.77. The monoisotopic (exact) mass is 214 g/mol. The smallest absolute Gasteiger partial charge is 0.252 e. The van der Waals surface area contributed by atoms with Crippen molar-refractivity contribution < 1.29 is 4.79 Å². The van der Waals surface area contributed by atoms with Gasteiger partial charge in [0.15, 0.2) is 0 Å². The molecule has 0 aromatic carbocycles. The van der Waals surface area contributed by atoms with Crippen LogP contribution >= 0.6 is 0 Å². The number of aromatic nitrogens is 2. The lowest BCUT2D eigenvalue weighted by molar-refractivity contribution is 0.100. The van der Waals surface area contributed by atoms with Gasteiger partial charge in [0.1, 0.15) is 0 Å². The number of hydrogen-bond acceptors (Lipinski definition) is 4. The highest BCUT2D eigenvalue weighted by Gasteiger charge is 2.07. The van der Waals surface area contributed by atoms with Crippen LogP contribution in [-0.2, 0) is 0 Å². The van der Waals surface area contributed by atoms with Crippen LogP contribution in [0.2, 0.25) is 0 Å². The van der Waals surface area contributed by atoms with Gasteiger partial charge in [0.05, 0.1) is 23.1 Å². The van der Waals surface area contributed by atoms with E-state index in [4.69, 9.17) is 5.73 Å². The number of hydrogen-bond donors (Lipinski definition) is 2. The molecule has 0 fully saturated rings. The van der Waals surface area contributed by atoms with E-state index in [1.807, 2.05) is 6.07 Å². The number of anilines is 2. The van der Waals surface area contributed by atoms with Gasteiger partial charge in [-0.3, -0.25) is 14.8 Å². The second-order valence-electron chi connectivity index (χ2n) is 3.15. The van der Waals surface area contributed by atoms with Gasteiger partial charge < -0.3 is 11.1 Å². The van der Waals surface area contributed by atoms with Crippen molar-refractivity contribution in [1.29, 1.82) is 0 Å². The van der Waals surface area contributed by atoms with E-state index in [-0.39, 0.29) is 0 Å². The van der Waals surface area contributed by atoms with Gasteiger partial charge in [-0.25, -0.2) is 0 Å². The lowest BCUT2D eigenvalue weighted by Gasteiger charge is -2.08. The summed E-state index contributed by atoms with van der Waals surface area (Å²) >= 11 is 0. The molecule has 2 rings (SSSR count). The van der Waals surface area contributed by atoms with Gasteiger partial charge in [-0.1, -0.05) is 0 Å². The van der Waals surface area contributed by atoms with E-state index in [1.165, 1.54) is 6.20 Å². The van der Waals surface area contributed by atoms with Gasteiger partial charge >= 0.3 is 0 Å². The topological polar surface area (TPSA) is 80.9 Å². The summed E-state index contributed by atoms with van der Waals surface area (Å²) in [6, 6.07) is 5.33. The molecule has 0 spiro atoms. The van der Waals surface area contributed by atoms with Crippen LogP contribution in [0.4, 0.5) is 11.4 Å². The molecular formula is C11H10N4O. The first kappa shape index (κ1) is 10.1. The Morgan fingerprint density at radius 1 is 1.19 bits per heavy atom. The Morgan fingerprint density at radius 2 is 2.00 bits per heavy atom. The normalized spacial score (nSPS) is 9.75. The molecule has 2 aromatic rings. The standard InChI is InChI=1S/C11H10N4O/c12-11(16)9-7-14-5-3-10(9)15-8-2-1-4-13-6-8/h1-7H,(H2,12,16)(H,14,15). The van der Waals surface area contributed by atoms with Crippen LogP contribution in [0.25, 0.3) is 0 Å². The molecule has 0 atom stereocenters. The summed E-state index contributed by atoms with van der Waals surface area (Å²) in [7, 11) is 0. The Hall–Kier alpha value is -2.43. The SMILES string of the molecule is NC(=O)c1cnccc1Nc1cccnc1. The van der Waals surface area contributed by atoms with Gasteiger partial charge in [0.25, 0.3) is 5.91 Å². The Kier molecular flexibility index (Phi) is 2.77. The van der Waals surface area contributed by atoms with Crippen molar-refractivity contribution in [2.75, 3.05) is 5.32 Å². The molecule has 0 aliphatic heterocycles. The van der Waals surface area contributed by atoms with Gasteiger partial charge in [0.2, 0.25) is 0 Å². The fraction of sp³-hybridized carbons (Fsp3) is 0. The number of carbonyl (C=O) groups is 1. The van der Waals surface area contributed by atoms with Crippen molar-refractivity contribution in [3.63, 3.8) is 0 Å². The van der Waals surface area contributed by atoms with Crippen LogP contribution in [0.15, 0.2) is 43.0 Å². The van der Waals surface area contributed by atoms with Crippen molar-refractivity contribution in [1.82, 2.24) is 9.97 Å². The molecule has 0 saturated heterocycles. The number of rotatable bonds is 3. The molecule has 0 aliphatic rings. The summed E-state index contributed by atoms with van der Waals surface area (Å²) in [5.41, 5.74) is 7.00. The first-order valence-corrected chi connectivity index (χ1v) is 4.68. The molecule has 0 unspecified atom stereocenters. The molecule has 3 N–H and O–H groups in total. The van der Waals surface area contributed by atoms with E-state index < -0.39 is 5.91 Å². The van der Waals surface area contributed by atoms with E-state index in [9.17, 15) is 4.79 Å². The average Bonchev–Trinajstić information content (AvgIpc) is 2.31. The molecule has 0 aliphatic carbocycles. The third-order valence-corrected chi connectivity index (χ3v) is 2.03. The largest absolute Gasteiger partial charge is 0.365 e. The minimum absolute atomic E-state index is 0.353. The van der Waals surface area contributed by atoms with Crippen molar-refractivity contribution in [2.24, 2.45) is 5.73 Å². The number of pyridine rings is 2. The van der Waals surface area contributed by atoms with Crippen LogP contribution in [-0.4, -0.2) is 15.9 Å². The van der Waals surface area contributed by atoms with Crippen molar-refractivity contribution in [3.8, 4) is 0 Å². The number of amides is 1. The highest BCUT2D eigenvalue weighted by molar-refractivity contribution is 5.98. The zero-order chi connectivity index (χ0) is 11.4. The van der Waals surface area contributed by atoms with E-state index in [1.54, 1.807) is 30.7 Å². The van der Waals surface area contributed by atoms with E-state index in [0.29, 0.717) is 11.3 Å². The highest BCUT2D eigenvalue weighted by atomic mass is 16.1. The van der Waals surface area contributed by atoms with Gasteiger partial charge in [-0.2, -0.15) is 0 Å². The molecule has 0 saturated carbocycles. The highest BCUT2D eigenvalue weighted by Crippen LogP contribution is 2.18. The van der Waals surface area contributed by atoms with Crippen molar-refractivity contribution in [3.05, 3.63) is 48.5 Å². The van der Waals surface area contributed by atoms with Gasteiger partial charge in [-0.05, 0) is 18.2 Å². The van der Waals surface area contributed by atoms with Crippen molar-refractivity contribution >= 4 is 17.3 Å². The molecular weight excluding hydrogens is 204 g/mol. The molecule has 16 heavy (non-hydrogen) atoms. The Balaban J connectivity index is 2.31. The molecule has 0 radical (unpaired) electrons. The molecule has 1 amide bonds. The maximum absolute atomic E-state index is 11.1. The van der Waals surface area contributed by atoms with Crippen LogP contribution < -0.4 is 11.1 Å². The molecule has 0 bridgehead atoms. The minimum atomic E-state index is -0.514. The zero-order valence-electron chi connectivity index (χ0n) is 8.42. The average molecular weight is 214 g/mol.